The molecular formula is C9H4BrF5N2. The molecule has 0 bridgehead atoms. The van der Waals surface area contributed by atoms with Crippen LogP contribution in [-0.4, -0.2) is 4.98 Å². The van der Waals surface area contributed by atoms with Crippen LogP contribution in [0.4, 0.5) is 22.0 Å². The maximum Gasteiger partial charge on any atom is 0.418 e. The first-order valence-electron chi connectivity index (χ1n) is 4.16. The molecule has 0 N–H and O–H groups in total. The number of hydrogen-bond acceptors (Lipinski definition) is 2. The predicted octanol–water partition coefficient (Wildman–Crippen LogP) is 3.80. The van der Waals surface area contributed by atoms with E-state index in [-0.39, 0.29) is 16.6 Å². The van der Waals surface area contributed by atoms with Gasteiger partial charge in [-0.3, -0.25) is 0 Å². The van der Waals surface area contributed by atoms with Crippen LogP contribution < -0.4 is 0 Å². The minimum atomic E-state index is -4.96. The SMILES string of the molecule is N#Cc1cc(C(F)(F)F)c(C(F)F)nc1CBr. The highest BCUT2D eigenvalue weighted by atomic mass is 79.9. The lowest BCUT2D eigenvalue weighted by atomic mass is 10.1. The van der Waals surface area contributed by atoms with E-state index in [0.29, 0.717) is 6.07 Å². The van der Waals surface area contributed by atoms with Crippen molar-refractivity contribution in [2.75, 3.05) is 0 Å². The lowest BCUT2D eigenvalue weighted by Crippen LogP contribution is -2.13. The van der Waals surface area contributed by atoms with Crippen molar-refractivity contribution in [2.24, 2.45) is 0 Å². The molecule has 0 spiro atoms. The topological polar surface area (TPSA) is 36.7 Å². The summed E-state index contributed by atoms with van der Waals surface area (Å²) in [5, 5.41) is 8.53. The smallest absolute Gasteiger partial charge is 0.249 e. The number of nitrogens with zero attached hydrogens (tertiary/aromatic N) is 2. The van der Waals surface area contributed by atoms with Crippen LogP contribution in [0, 0.1) is 11.3 Å². The predicted molar refractivity (Wildman–Crippen MR) is 51.5 cm³/mol. The molecule has 8 heteroatoms. The molecule has 1 heterocycles. The van der Waals surface area contributed by atoms with Gasteiger partial charge in [-0.2, -0.15) is 18.4 Å². The molecule has 92 valence electrons. The molecule has 1 aromatic rings. The zero-order chi connectivity index (χ0) is 13.2. The Morgan fingerprint density at radius 3 is 2.35 bits per heavy atom. The van der Waals surface area contributed by atoms with Gasteiger partial charge in [-0.25, -0.2) is 13.8 Å². The summed E-state index contributed by atoms with van der Waals surface area (Å²) in [6, 6.07) is 1.88. The molecule has 0 aliphatic carbocycles. The van der Waals surface area contributed by atoms with Crippen molar-refractivity contribution in [2.45, 2.75) is 17.9 Å². The standard InChI is InChI=1S/C9H4BrF5N2/c10-2-6-4(3-16)1-5(9(13,14)15)7(17-6)8(11)12/h1,8H,2H2. The molecule has 0 fully saturated rings. The fourth-order valence-corrected chi connectivity index (χ4v) is 1.59. The van der Waals surface area contributed by atoms with Gasteiger partial charge in [0.05, 0.1) is 16.8 Å². The van der Waals surface area contributed by atoms with Crippen LogP contribution in [0.15, 0.2) is 6.07 Å². The minimum absolute atomic E-state index is 0.0756. The molecule has 2 nitrogen and oxygen atoms in total. The van der Waals surface area contributed by atoms with Gasteiger partial charge in [0.2, 0.25) is 0 Å². The van der Waals surface area contributed by atoms with Gasteiger partial charge in [0.25, 0.3) is 6.43 Å². The number of alkyl halides is 6. The number of rotatable bonds is 2. The van der Waals surface area contributed by atoms with E-state index in [9.17, 15) is 22.0 Å². The average molecular weight is 315 g/mol. The lowest BCUT2D eigenvalue weighted by molar-refractivity contribution is -0.140. The van der Waals surface area contributed by atoms with Crippen LogP contribution >= 0.6 is 15.9 Å². The number of pyridine rings is 1. The summed E-state index contributed by atoms with van der Waals surface area (Å²) in [5.41, 5.74) is -3.45. The average Bonchev–Trinajstić information content (AvgIpc) is 2.25. The van der Waals surface area contributed by atoms with Gasteiger partial charge in [0.1, 0.15) is 11.8 Å². The summed E-state index contributed by atoms with van der Waals surface area (Å²) in [6.07, 6.45) is -8.31. The highest BCUT2D eigenvalue weighted by molar-refractivity contribution is 9.08. The molecule has 0 atom stereocenters. The first-order valence-corrected chi connectivity index (χ1v) is 5.28. The number of halogens is 6. The van der Waals surface area contributed by atoms with E-state index in [1.165, 1.54) is 6.07 Å². The molecule has 0 aliphatic heterocycles. The van der Waals surface area contributed by atoms with E-state index in [2.05, 4.69) is 20.9 Å². The van der Waals surface area contributed by atoms with Crippen LogP contribution in [0.3, 0.4) is 0 Å². The van der Waals surface area contributed by atoms with Crippen LogP contribution in [0.2, 0.25) is 0 Å². The van der Waals surface area contributed by atoms with Crippen LogP contribution in [0.1, 0.15) is 28.9 Å². The van der Waals surface area contributed by atoms with E-state index in [4.69, 9.17) is 5.26 Å². The van der Waals surface area contributed by atoms with E-state index >= 15 is 0 Å². The van der Waals surface area contributed by atoms with Crippen LogP contribution in [-0.2, 0) is 11.5 Å². The maximum absolute atomic E-state index is 12.5. The maximum atomic E-state index is 12.5. The Morgan fingerprint density at radius 2 is 2.00 bits per heavy atom. The summed E-state index contributed by atoms with van der Waals surface area (Å²) in [4.78, 5) is 3.19. The third-order valence-electron chi connectivity index (χ3n) is 1.89. The Hall–Kier alpha value is -1.23. The molecule has 0 radical (unpaired) electrons. The summed E-state index contributed by atoms with van der Waals surface area (Å²) >= 11 is 2.87. The summed E-state index contributed by atoms with van der Waals surface area (Å²) in [6.45, 7) is 0. The van der Waals surface area contributed by atoms with Crippen molar-refractivity contribution >= 4 is 15.9 Å². The Kier molecular flexibility index (Phi) is 4.03. The second-order valence-electron chi connectivity index (χ2n) is 2.96. The Bertz CT molecular complexity index is 464. The van der Waals surface area contributed by atoms with Crippen molar-refractivity contribution < 1.29 is 22.0 Å². The van der Waals surface area contributed by atoms with E-state index in [1.54, 1.807) is 0 Å². The third kappa shape index (κ3) is 2.91. The van der Waals surface area contributed by atoms with Crippen molar-refractivity contribution in [1.82, 2.24) is 4.98 Å². The monoisotopic (exact) mass is 314 g/mol. The van der Waals surface area contributed by atoms with Crippen molar-refractivity contribution in [3.05, 3.63) is 28.6 Å². The summed E-state index contributed by atoms with van der Waals surface area (Å²) in [7, 11) is 0. The first-order chi connectivity index (χ1) is 7.81. The molecule has 0 amide bonds. The van der Waals surface area contributed by atoms with Gasteiger partial charge in [0.15, 0.2) is 0 Å². The molecule has 0 saturated heterocycles. The van der Waals surface area contributed by atoms with Gasteiger partial charge in [0, 0.05) is 5.33 Å². The fraction of sp³-hybridized carbons (Fsp3) is 0.333. The summed E-state index contributed by atoms with van der Waals surface area (Å²) in [5.74, 6) is 0. The molecular weight excluding hydrogens is 311 g/mol. The third-order valence-corrected chi connectivity index (χ3v) is 2.42. The van der Waals surface area contributed by atoms with Crippen molar-refractivity contribution in [3.63, 3.8) is 0 Å². The molecule has 1 aromatic heterocycles. The van der Waals surface area contributed by atoms with Crippen molar-refractivity contribution in [1.29, 1.82) is 5.26 Å². The zero-order valence-corrected chi connectivity index (χ0v) is 9.61. The largest absolute Gasteiger partial charge is 0.418 e. The number of nitriles is 1. The van der Waals surface area contributed by atoms with Gasteiger partial charge in [-0.1, -0.05) is 15.9 Å². The molecule has 17 heavy (non-hydrogen) atoms. The zero-order valence-electron chi connectivity index (χ0n) is 8.02. The van der Waals surface area contributed by atoms with E-state index < -0.39 is 23.9 Å². The summed E-state index contributed by atoms with van der Waals surface area (Å²) < 4.78 is 62.3. The van der Waals surface area contributed by atoms with Gasteiger partial charge >= 0.3 is 6.18 Å². The molecule has 0 aromatic carbocycles. The Labute approximate surface area is 101 Å². The van der Waals surface area contributed by atoms with Crippen LogP contribution in [0.25, 0.3) is 0 Å². The lowest BCUT2D eigenvalue weighted by Gasteiger charge is -2.13. The normalized spacial score (nSPS) is 11.6. The van der Waals surface area contributed by atoms with Gasteiger partial charge in [-0.05, 0) is 6.07 Å². The fourth-order valence-electron chi connectivity index (χ4n) is 1.16. The minimum Gasteiger partial charge on any atom is -0.249 e. The van der Waals surface area contributed by atoms with Crippen molar-refractivity contribution in [3.8, 4) is 6.07 Å². The molecule has 1 rings (SSSR count). The number of hydrogen-bond donors (Lipinski definition) is 0. The number of aromatic nitrogens is 1. The van der Waals surface area contributed by atoms with Gasteiger partial charge < -0.3 is 0 Å². The van der Waals surface area contributed by atoms with Gasteiger partial charge in [-0.15, -0.1) is 0 Å². The highest BCUT2D eigenvalue weighted by Crippen LogP contribution is 2.36. The Balaban J connectivity index is 3.53. The highest BCUT2D eigenvalue weighted by Gasteiger charge is 2.37. The molecule has 0 saturated carbocycles. The quantitative estimate of drug-likeness (QED) is 0.615. The van der Waals surface area contributed by atoms with Crippen LogP contribution in [0.5, 0.6) is 0 Å². The second-order valence-corrected chi connectivity index (χ2v) is 3.52. The second kappa shape index (κ2) is 4.96. The Morgan fingerprint density at radius 1 is 1.41 bits per heavy atom. The van der Waals surface area contributed by atoms with E-state index in [0.717, 1.165) is 0 Å². The van der Waals surface area contributed by atoms with E-state index in [1.807, 2.05) is 0 Å². The molecule has 0 unspecified atom stereocenters. The first kappa shape index (κ1) is 13.8. The molecule has 0 aliphatic rings.